The number of likely N-dealkylation sites (tertiary alicyclic amines) is 1. The average Bonchev–Trinajstić information content (AvgIpc) is 3.00. The zero-order valence-corrected chi connectivity index (χ0v) is 24.0. The molecule has 1 fully saturated rings. The standard InChI is InChI=1S/C33H33F3N4O3/c1-21(24-17-27(34)31(36)28(35)18-24)40-15-5-8-25(33(40)42)32(41)38-12-3-6-22-9-10-29-26(16-22)30(11-13-37-29)43-20-23-7-4-14-39(2)19-23/h5,8-11,13,15-18,21,23,33,42H,4,7,12,14,19-20H2,1-2H3,(H,38,41)/t21?,23-,33?/m1/s1. The lowest BCUT2D eigenvalue weighted by molar-refractivity contribution is -0.119. The number of amides is 1. The number of nitrogens with zero attached hydrogens (tertiary/aromatic N) is 3. The Morgan fingerprint density at radius 2 is 2.00 bits per heavy atom. The lowest BCUT2D eigenvalue weighted by Gasteiger charge is -2.35. The van der Waals surface area contributed by atoms with Crippen molar-refractivity contribution in [1.82, 2.24) is 20.1 Å². The molecule has 0 aliphatic carbocycles. The smallest absolute Gasteiger partial charge is 0.252 e. The van der Waals surface area contributed by atoms with Crippen LogP contribution in [0.2, 0.25) is 0 Å². The van der Waals surface area contributed by atoms with E-state index < -0.39 is 35.6 Å². The minimum Gasteiger partial charge on any atom is -0.492 e. The van der Waals surface area contributed by atoms with E-state index in [0.717, 1.165) is 53.9 Å². The van der Waals surface area contributed by atoms with Gasteiger partial charge in [0.25, 0.3) is 5.91 Å². The second kappa shape index (κ2) is 13.3. The van der Waals surface area contributed by atoms with E-state index in [1.807, 2.05) is 24.3 Å². The summed E-state index contributed by atoms with van der Waals surface area (Å²) >= 11 is 0. The van der Waals surface area contributed by atoms with Crippen LogP contribution < -0.4 is 10.1 Å². The van der Waals surface area contributed by atoms with E-state index in [1.165, 1.54) is 29.7 Å². The molecule has 3 atom stereocenters. The molecular weight excluding hydrogens is 557 g/mol. The summed E-state index contributed by atoms with van der Waals surface area (Å²) in [6, 6.07) is 8.48. The predicted octanol–water partition coefficient (Wildman–Crippen LogP) is 4.68. The van der Waals surface area contributed by atoms with Crippen molar-refractivity contribution in [3.63, 3.8) is 0 Å². The van der Waals surface area contributed by atoms with Crippen LogP contribution in [0.3, 0.4) is 0 Å². The Morgan fingerprint density at radius 1 is 1.21 bits per heavy atom. The first-order valence-electron chi connectivity index (χ1n) is 14.2. The number of pyridine rings is 1. The largest absolute Gasteiger partial charge is 0.492 e. The van der Waals surface area contributed by atoms with Crippen LogP contribution in [0.25, 0.3) is 10.9 Å². The number of carbonyl (C=O) groups excluding carboxylic acids is 1. The number of hydrogen-bond acceptors (Lipinski definition) is 6. The molecular formula is C33H33F3N4O3. The fourth-order valence-electron chi connectivity index (χ4n) is 5.41. The maximum atomic E-state index is 13.8. The first kappa shape index (κ1) is 30.1. The van der Waals surface area contributed by atoms with Gasteiger partial charge in [0.15, 0.2) is 23.7 Å². The molecule has 7 nitrogen and oxygen atoms in total. The molecule has 0 radical (unpaired) electrons. The number of carbonyl (C=O) groups is 1. The van der Waals surface area contributed by atoms with E-state index in [4.69, 9.17) is 4.74 Å². The Kier molecular flexibility index (Phi) is 9.34. The first-order valence-corrected chi connectivity index (χ1v) is 14.2. The maximum Gasteiger partial charge on any atom is 0.252 e. The van der Waals surface area contributed by atoms with Crippen LogP contribution >= 0.6 is 0 Å². The zero-order chi connectivity index (χ0) is 30.5. The van der Waals surface area contributed by atoms with Crippen LogP contribution in [-0.4, -0.2) is 65.3 Å². The van der Waals surface area contributed by atoms with Gasteiger partial charge in [0, 0.05) is 35.8 Å². The van der Waals surface area contributed by atoms with Crippen molar-refractivity contribution >= 4 is 16.8 Å². The molecule has 2 aliphatic heterocycles. The van der Waals surface area contributed by atoms with Crippen LogP contribution in [0, 0.1) is 35.2 Å². The van der Waals surface area contributed by atoms with Crippen molar-refractivity contribution in [3.8, 4) is 17.6 Å². The van der Waals surface area contributed by atoms with Gasteiger partial charge in [-0.1, -0.05) is 11.8 Å². The normalized spacial score (nSPS) is 19.4. The molecule has 1 amide bonds. The lowest BCUT2D eigenvalue weighted by Crippen LogP contribution is -2.41. The Morgan fingerprint density at radius 3 is 2.77 bits per heavy atom. The van der Waals surface area contributed by atoms with Gasteiger partial charge in [-0.25, -0.2) is 13.2 Å². The average molecular weight is 591 g/mol. The highest BCUT2D eigenvalue weighted by Gasteiger charge is 2.29. The number of ether oxygens (including phenoxy) is 1. The van der Waals surface area contributed by atoms with Crippen LogP contribution in [0.4, 0.5) is 13.2 Å². The zero-order valence-electron chi connectivity index (χ0n) is 24.0. The van der Waals surface area contributed by atoms with Gasteiger partial charge < -0.3 is 25.0 Å². The van der Waals surface area contributed by atoms with Crippen molar-refractivity contribution in [2.45, 2.75) is 32.0 Å². The molecule has 2 aromatic carbocycles. The van der Waals surface area contributed by atoms with Gasteiger partial charge in [0.1, 0.15) is 5.75 Å². The Hall–Kier alpha value is -4.33. The molecule has 1 aromatic heterocycles. The summed E-state index contributed by atoms with van der Waals surface area (Å²) in [5, 5.41) is 14.4. The van der Waals surface area contributed by atoms with E-state index in [2.05, 4.69) is 34.1 Å². The molecule has 0 spiro atoms. The van der Waals surface area contributed by atoms with Gasteiger partial charge in [0.2, 0.25) is 0 Å². The number of aliphatic hydroxyl groups excluding tert-OH is 1. The van der Waals surface area contributed by atoms with Crippen molar-refractivity contribution in [2.24, 2.45) is 5.92 Å². The molecule has 5 rings (SSSR count). The molecule has 2 unspecified atom stereocenters. The van der Waals surface area contributed by atoms with Gasteiger partial charge in [-0.05, 0) is 87.5 Å². The highest BCUT2D eigenvalue weighted by molar-refractivity contribution is 5.95. The number of nitrogens with one attached hydrogen (secondary N) is 1. The summed E-state index contributed by atoms with van der Waals surface area (Å²) in [6.07, 6.45) is 7.12. The summed E-state index contributed by atoms with van der Waals surface area (Å²) < 4.78 is 47.1. The number of halogens is 3. The van der Waals surface area contributed by atoms with E-state index in [1.54, 1.807) is 13.1 Å². The minimum absolute atomic E-state index is 0.0141. The number of allylic oxidation sites excluding steroid dienone is 2. The number of piperidine rings is 1. The lowest BCUT2D eigenvalue weighted by atomic mass is 9.99. The van der Waals surface area contributed by atoms with Crippen molar-refractivity contribution in [1.29, 1.82) is 0 Å². The monoisotopic (exact) mass is 590 g/mol. The molecule has 2 aliphatic rings. The quantitative estimate of drug-likeness (QED) is 0.308. The van der Waals surface area contributed by atoms with Gasteiger partial charge in [-0.3, -0.25) is 9.78 Å². The number of benzene rings is 2. The minimum atomic E-state index is -1.57. The molecule has 0 bridgehead atoms. The van der Waals surface area contributed by atoms with E-state index in [9.17, 15) is 23.1 Å². The number of aromatic nitrogens is 1. The molecule has 2 N–H and O–H groups in total. The third-order valence-corrected chi connectivity index (χ3v) is 7.76. The molecule has 224 valence electrons. The van der Waals surface area contributed by atoms with Crippen molar-refractivity contribution in [3.05, 3.63) is 95.1 Å². The molecule has 43 heavy (non-hydrogen) atoms. The van der Waals surface area contributed by atoms with Crippen LogP contribution in [0.5, 0.6) is 5.75 Å². The summed E-state index contributed by atoms with van der Waals surface area (Å²) in [5.74, 6) is 2.43. The molecule has 3 heterocycles. The molecule has 1 saturated heterocycles. The predicted molar refractivity (Wildman–Crippen MR) is 157 cm³/mol. The number of fused-ring (bicyclic) bond motifs is 1. The highest BCUT2D eigenvalue weighted by Crippen LogP contribution is 2.29. The van der Waals surface area contributed by atoms with Crippen LogP contribution in [-0.2, 0) is 4.79 Å². The third kappa shape index (κ3) is 7.01. The highest BCUT2D eigenvalue weighted by atomic mass is 19.2. The fourth-order valence-corrected chi connectivity index (χ4v) is 5.41. The number of hydrogen-bond donors (Lipinski definition) is 2. The third-order valence-electron chi connectivity index (χ3n) is 7.76. The van der Waals surface area contributed by atoms with E-state index >= 15 is 0 Å². The van der Waals surface area contributed by atoms with Gasteiger partial charge >= 0.3 is 0 Å². The van der Waals surface area contributed by atoms with Gasteiger partial charge in [-0.15, -0.1) is 0 Å². The summed E-state index contributed by atoms with van der Waals surface area (Å²) in [7, 11) is 2.13. The Balaban J connectivity index is 1.20. The Labute approximate surface area is 248 Å². The van der Waals surface area contributed by atoms with Crippen LogP contribution in [0.15, 0.2) is 66.5 Å². The van der Waals surface area contributed by atoms with E-state index in [0.29, 0.717) is 12.5 Å². The molecule has 10 heteroatoms. The maximum absolute atomic E-state index is 13.8. The molecule has 3 aromatic rings. The SMILES string of the molecule is CC(c1cc(F)c(F)c(F)c1)N1C=CC=C(C(=O)NCC#Cc2ccc3nccc(OC[C@@H]4CCCN(C)C4)c3c2)C1O. The molecule has 0 saturated carbocycles. The second-order valence-electron chi connectivity index (χ2n) is 10.9. The first-order chi connectivity index (χ1) is 20.7. The number of rotatable bonds is 7. The summed E-state index contributed by atoms with van der Waals surface area (Å²) in [5.41, 5.74) is 1.67. The summed E-state index contributed by atoms with van der Waals surface area (Å²) in [4.78, 5) is 21.0. The summed E-state index contributed by atoms with van der Waals surface area (Å²) in [6.45, 7) is 4.36. The fraction of sp³-hybridized carbons (Fsp3) is 0.333. The van der Waals surface area contributed by atoms with Crippen LogP contribution in [0.1, 0.15) is 36.9 Å². The van der Waals surface area contributed by atoms with E-state index in [-0.39, 0.29) is 17.7 Å². The Bertz CT molecular complexity index is 1610. The number of aliphatic hydroxyl groups is 1. The van der Waals surface area contributed by atoms with Gasteiger partial charge in [-0.2, -0.15) is 0 Å². The van der Waals surface area contributed by atoms with Gasteiger partial charge in [0.05, 0.1) is 30.3 Å². The second-order valence-corrected chi connectivity index (χ2v) is 10.9. The van der Waals surface area contributed by atoms with Crippen molar-refractivity contribution in [2.75, 3.05) is 33.3 Å². The topological polar surface area (TPSA) is 77.9 Å². The van der Waals surface area contributed by atoms with Crippen molar-refractivity contribution < 1.29 is 27.8 Å².